The molecule has 2 aliphatic rings. The van der Waals surface area contributed by atoms with Crippen molar-refractivity contribution < 1.29 is 22.2 Å². The van der Waals surface area contributed by atoms with Crippen LogP contribution in [0.15, 0.2) is 53.2 Å². The highest BCUT2D eigenvalue weighted by Gasteiger charge is 2.46. The molecule has 202 valence electrons. The molecule has 3 heterocycles. The molecule has 1 aliphatic carbocycles. The number of alkyl halides is 2. The maximum Gasteiger partial charge on any atom is 0.248 e. The van der Waals surface area contributed by atoms with Crippen LogP contribution in [-0.2, 0) is 14.5 Å². The van der Waals surface area contributed by atoms with Crippen LogP contribution in [0.25, 0.3) is 16.9 Å². The first-order chi connectivity index (χ1) is 18.1. The predicted octanol–water partition coefficient (Wildman–Crippen LogP) is 4.00. The number of halogens is 3. The summed E-state index contributed by atoms with van der Waals surface area (Å²) in [5.41, 5.74) is 7.98. The predicted molar refractivity (Wildman–Crippen MR) is 139 cm³/mol. The highest BCUT2D eigenvalue weighted by atomic mass is 32.2. The van der Waals surface area contributed by atoms with Crippen LogP contribution in [0.1, 0.15) is 30.9 Å². The van der Waals surface area contributed by atoms with Crippen LogP contribution in [-0.4, -0.2) is 62.4 Å². The Kier molecular flexibility index (Phi) is 6.93. The molecule has 1 saturated heterocycles. The lowest BCUT2D eigenvalue weighted by Crippen LogP contribution is -2.40. The van der Waals surface area contributed by atoms with Crippen molar-refractivity contribution >= 4 is 21.3 Å². The van der Waals surface area contributed by atoms with E-state index in [2.05, 4.69) is 19.3 Å². The second-order valence-electron chi connectivity index (χ2n) is 9.79. The smallest absolute Gasteiger partial charge is 0.248 e. The molecule has 3 aromatic rings. The zero-order valence-corrected chi connectivity index (χ0v) is 21.7. The Balaban J connectivity index is 1.54. The van der Waals surface area contributed by atoms with Crippen molar-refractivity contribution in [3.63, 3.8) is 0 Å². The van der Waals surface area contributed by atoms with Crippen molar-refractivity contribution in [3.05, 3.63) is 60.3 Å². The fourth-order valence-electron chi connectivity index (χ4n) is 5.31. The zero-order chi connectivity index (χ0) is 27.1. The van der Waals surface area contributed by atoms with E-state index in [0.29, 0.717) is 35.7 Å². The lowest BCUT2D eigenvalue weighted by atomic mass is 9.74. The molecule has 38 heavy (non-hydrogen) atoms. The summed E-state index contributed by atoms with van der Waals surface area (Å²) in [4.78, 5) is 18.4. The maximum atomic E-state index is 14.6. The van der Waals surface area contributed by atoms with Gasteiger partial charge in [-0.3, -0.25) is 4.79 Å². The number of hydrogen-bond donors (Lipinski definition) is 1. The Hall–Kier alpha value is -3.41. The number of anilines is 1. The Bertz CT molecular complexity index is 1450. The molecule has 1 amide bonds. The van der Waals surface area contributed by atoms with Crippen LogP contribution >= 0.6 is 0 Å². The first-order valence-corrected chi connectivity index (χ1v) is 14.3. The van der Waals surface area contributed by atoms with Crippen molar-refractivity contribution in [2.45, 2.75) is 31.1 Å². The molecule has 12 heteroatoms. The van der Waals surface area contributed by atoms with Gasteiger partial charge in [-0.15, -0.1) is 0 Å². The molecule has 8 nitrogen and oxygen atoms in total. The average molecular weight is 547 g/mol. The van der Waals surface area contributed by atoms with Crippen LogP contribution < -0.4 is 10.6 Å². The molecule has 0 bridgehead atoms. The van der Waals surface area contributed by atoms with Crippen molar-refractivity contribution in [3.8, 4) is 16.9 Å². The summed E-state index contributed by atoms with van der Waals surface area (Å²) in [5, 5.41) is 4.50. The minimum Gasteiger partial charge on any atom is -0.370 e. The molecule has 2 aromatic heterocycles. The van der Waals surface area contributed by atoms with Crippen molar-refractivity contribution in [1.82, 2.24) is 14.8 Å². The summed E-state index contributed by atoms with van der Waals surface area (Å²) in [6.07, 6.45) is 1.91. The molecule has 0 radical (unpaired) electrons. The van der Waals surface area contributed by atoms with Gasteiger partial charge in [0.25, 0.3) is 0 Å². The van der Waals surface area contributed by atoms with Gasteiger partial charge in [-0.2, -0.15) is 5.10 Å². The van der Waals surface area contributed by atoms with Gasteiger partial charge >= 0.3 is 0 Å². The summed E-state index contributed by atoms with van der Waals surface area (Å²) in [5.74, 6) is -5.12. The summed E-state index contributed by atoms with van der Waals surface area (Å²) < 4.78 is 61.5. The van der Waals surface area contributed by atoms with E-state index in [0.717, 1.165) is 5.69 Å². The van der Waals surface area contributed by atoms with Crippen LogP contribution in [0.2, 0.25) is 0 Å². The van der Waals surface area contributed by atoms with E-state index in [-0.39, 0.29) is 17.9 Å². The molecular weight excluding hydrogens is 517 g/mol. The summed E-state index contributed by atoms with van der Waals surface area (Å²) in [6.45, 7) is 1.21. The number of aromatic nitrogens is 3. The summed E-state index contributed by atoms with van der Waals surface area (Å²) >= 11 is 0. The number of nitrogens with zero attached hydrogens (tertiary/aromatic N) is 5. The molecule has 0 spiro atoms. The fraction of sp³-hybridized carbons (Fsp3) is 0.423. The second kappa shape index (κ2) is 10.0. The van der Waals surface area contributed by atoms with Crippen molar-refractivity contribution in [2.75, 3.05) is 36.5 Å². The number of nitrogens with two attached hydrogens (primary N) is 1. The van der Waals surface area contributed by atoms with Gasteiger partial charge in [0.15, 0.2) is 11.6 Å². The Labute approximate surface area is 219 Å². The van der Waals surface area contributed by atoms with Gasteiger partial charge in [0, 0.05) is 89.7 Å². The molecule has 2 fully saturated rings. The molecular formula is C26H29F3N6O2S. The van der Waals surface area contributed by atoms with Crippen LogP contribution in [0.5, 0.6) is 0 Å². The van der Waals surface area contributed by atoms with E-state index >= 15 is 0 Å². The Morgan fingerprint density at radius 2 is 1.89 bits per heavy atom. The molecule has 2 N–H and O–H groups in total. The van der Waals surface area contributed by atoms with Gasteiger partial charge in [0.2, 0.25) is 11.8 Å². The minimum absolute atomic E-state index is 0.0572. The molecule has 2 atom stereocenters. The van der Waals surface area contributed by atoms with Crippen LogP contribution in [0, 0.1) is 11.7 Å². The highest BCUT2D eigenvalue weighted by molar-refractivity contribution is 7.93. The largest absolute Gasteiger partial charge is 0.370 e. The average Bonchev–Trinajstić information content (AvgIpc) is 3.34. The topological polar surface area (TPSA) is 106 Å². The van der Waals surface area contributed by atoms with Gasteiger partial charge < -0.3 is 10.6 Å². The number of amides is 1. The summed E-state index contributed by atoms with van der Waals surface area (Å²) in [6, 6.07) is 10.2. The lowest BCUT2D eigenvalue weighted by molar-refractivity contribution is -0.127. The van der Waals surface area contributed by atoms with Crippen molar-refractivity contribution in [1.29, 1.82) is 0 Å². The van der Waals surface area contributed by atoms with Gasteiger partial charge in [-0.25, -0.2) is 31.4 Å². The number of rotatable bonds is 5. The number of benzene rings is 1. The number of pyridine rings is 1. The van der Waals surface area contributed by atoms with Gasteiger partial charge in [0.1, 0.15) is 0 Å². The molecule has 0 unspecified atom stereocenters. The van der Waals surface area contributed by atoms with Crippen LogP contribution in [0.4, 0.5) is 18.9 Å². The van der Waals surface area contributed by atoms with E-state index in [1.807, 2.05) is 24.3 Å². The first kappa shape index (κ1) is 26.2. The fourth-order valence-corrected chi connectivity index (χ4v) is 6.89. The highest BCUT2D eigenvalue weighted by Crippen LogP contribution is 2.47. The quantitative estimate of drug-likeness (QED) is 0.521. The zero-order valence-electron chi connectivity index (χ0n) is 20.9. The van der Waals surface area contributed by atoms with E-state index in [1.54, 1.807) is 13.2 Å². The Morgan fingerprint density at radius 1 is 1.18 bits per heavy atom. The normalized spacial score (nSPS) is 22.7. The van der Waals surface area contributed by atoms with Crippen LogP contribution in [0.3, 0.4) is 0 Å². The third-order valence-corrected chi connectivity index (χ3v) is 9.78. The molecule has 1 aromatic carbocycles. The van der Waals surface area contributed by atoms with E-state index in [9.17, 15) is 22.2 Å². The number of primary amides is 1. The number of carbonyl (C=O) groups is 1. The lowest BCUT2D eigenvalue weighted by Gasteiger charge is -2.34. The third kappa shape index (κ3) is 5.13. The standard InChI is InChI=1S/C26H29F3N6O2S/c1-31-38(37)13-11-34(12-14-38)18-6-4-17(5-7-18)21-16-35(25-22(27)3-2-10-32-25)33-23(21)20-15-26(28,29)9-8-19(20)24(30)36/h2-7,10,16,19-20H,8-9,11-15H2,1H3,(H2,30,36)/t19-,20-/m1/s1. The van der Waals surface area contributed by atoms with Gasteiger partial charge in [-0.1, -0.05) is 12.1 Å². The van der Waals surface area contributed by atoms with Gasteiger partial charge in [-0.05, 0) is 36.2 Å². The monoisotopic (exact) mass is 546 g/mol. The SMILES string of the molecule is CN=S1(=O)CCN(c2ccc(-c3cn(-c4ncccc4F)nc3[C@@H]3CC(F)(F)CC[C@H]3C(N)=O)cc2)CC1. The van der Waals surface area contributed by atoms with E-state index in [4.69, 9.17) is 5.73 Å². The van der Waals surface area contributed by atoms with E-state index < -0.39 is 52.1 Å². The molecule has 5 rings (SSSR count). The summed E-state index contributed by atoms with van der Waals surface area (Å²) in [7, 11) is -0.561. The third-order valence-electron chi connectivity index (χ3n) is 7.48. The minimum atomic E-state index is -2.98. The first-order valence-electron chi connectivity index (χ1n) is 12.4. The maximum absolute atomic E-state index is 14.6. The molecule has 1 aliphatic heterocycles. The number of hydrogen-bond acceptors (Lipinski definition) is 6. The second-order valence-corrected chi connectivity index (χ2v) is 12.5. The van der Waals surface area contributed by atoms with E-state index in [1.165, 1.54) is 23.0 Å². The molecule has 1 saturated carbocycles. The van der Waals surface area contributed by atoms with Crippen molar-refractivity contribution in [2.24, 2.45) is 16.0 Å². The number of carbonyl (C=O) groups excluding carboxylic acids is 1. The van der Waals surface area contributed by atoms with Gasteiger partial charge in [0.05, 0.1) is 5.69 Å². The Morgan fingerprint density at radius 3 is 2.53 bits per heavy atom.